The number of anilines is 1. The zero-order chi connectivity index (χ0) is 18.9. The summed E-state index contributed by atoms with van der Waals surface area (Å²) in [7, 11) is 0. The Labute approximate surface area is 148 Å². The molecule has 0 radical (unpaired) electrons. The van der Waals surface area contributed by atoms with Crippen LogP contribution in [0.2, 0.25) is 0 Å². The molecular weight excluding hydrogens is 354 g/mol. The fraction of sp³-hybridized carbons (Fsp3) is 0.588. The Bertz CT molecular complexity index is 675. The van der Waals surface area contributed by atoms with Crippen LogP contribution in [0, 0.1) is 5.82 Å². The molecule has 3 rings (SSSR count). The molecule has 2 fully saturated rings. The van der Waals surface area contributed by atoms with Crippen molar-refractivity contribution >= 4 is 11.6 Å². The molecule has 0 aromatic heterocycles. The zero-order valence-electron chi connectivity index (χ0n) is 14.2. The Morgan fingerprint density at radius 2 is 1.92 bits per heavy atom. The molecule has 0 saturated carbocycles. The molecule has 144 valence electrons. The highest BCUT2D eigenvalue weighted by molar-refractivity contribution is 5.95. The van der Waals surface area contributed by atoms with Crippen molar-refractivity contribution in [2.75, 3.05) is 37.7 Å². The van der Waals surface area contributed by atoms with Gasteiger partial charge in [-0.2, -0.15) is 13.2 Å². The normalized spacial score (nSPS) is 22.0. The molecule has 1 aromatic rings. The number of alkyl halides is 3. The molecule has 0 bridgehead atoms. The van der Waals surface area contributed by atoms with Gasteiger partial charge in [-0.1, -0.05) is 0 Å². The summed E-state index contributed by atoms with van der Waals surface area (Å²) in [5.41, 5.74) is 5.46. The lowest BCUT2D eigenvalue weighted by atomic mass is 10.0. The van der Waals surface area contributed by atoms with Crippen LogP contribution in [0.4, 0.5) is 23.2 Å². The van der Waals surface area contributed by atoms with Crippen molar-refractivity contribution in [1.82, 2.24) is 4.90 Å². The lowest BCUT2D eigenvalue weighted by Crippen LogP contribution is -2.53. The van der Waals surface area contributed by atoms with Gasteiger partial charge in [0.05, 0.1) is 18.8 Å². The summed E-state index contributed by atoms with van der Waals surface area (Å²) in [5, 5.41) is 0. The maximum atomic E-state index is 14.6. The van der Waals surface area contributed by atoms with Crippen molar-refractivity contribution in [3.8, 4) is 0 Å². The third-order valence-electron chi connectivity index (χ3n) is 4.83. The standard InChI is InChI=1S/C17H21F4N3O2/c18-13-8-12(24-5-6-26-10-14(24)17(19,20)21)7-11(15(13)16(22)25)9-23-3-1-2-4-23/h7-8,14H,1-6,9-10H2,(H2,22,25). The monoisotopic (exact) mass is 375 g/mol. The number of likely N-dealkylation sites (tertiary alicyclic amines) is 1. The number of rotatable bonds is 4. The highest BCUT2D eigenvalue weighted by atomic mass is 19.4. The number of halogens is 4. The van der Waals surface area contributed by atoms with Crippen molar-refractivity contribution in [2.45, 2.75) is 31.6 Å². The SMILES string of the molecule is NC(=O)c1c(F)cc(N2CCOCC2C(F)(F)F)cc1CN1CCCC1. The molecule has 1 unspecified atom stereocenters. The second-order valence-electron chi connectivity index (χ2n) is 6.63. The zero-order valence-corrected chi connectivity index (χ0v) is 14.2. The van der Waals surface area contributed by atoms with E-state index in [1.54, 1.807) is 0 Å². The largest absolute Gasteiger partial charge is 0.411 e. The first-order valence-corrected chi connectivity index (χ1v) is 8.53. The van der Waals surface area contributed by atoms with E-state index >= 15 is 0 Å². The van der Waals surface area contributed by atoms with E-state index in [2.05, 4.69) is 0 Å². The van der Waals surface area contributed by atoms with Crippen LogP contribution in [0.3, 0.4) is 0 Å². The number of ether oxygens (including phenoxy) is 1. The van der Waals surface area contributed by atoms with Gasteiger partial charge in [-0.15, -0.1) is 0 Å². The topological polar surface area (TPSA) is 58.8 Å². The third-order valence-corrected chi connectivity index (χ3v) is 4.83. The number of carbonyl (C=O) groups excluding carboxylic acids is 1. The van der Waals surface area contributed by atoms with Gasteiger partial charge in [-0.05, 0) is 43.6 Å². The van der Waals surface area contributed by atoms with Crippen molar-refractivity contribution in [1.29, 1.82) is 0 Å². The van der Waals surface area contributed by atoms with Crippen LogP contribution in [-0.4, -0.2) is 55.9 Å². The number of morpholine rings is 1. The molecule has 0 spiro atoms. The van der Waals surface area contributed by atoms with Crippen LogP contribution < -0.4 is 10.6 Å². The molecule has 9 heteroatoms. The second-order valence-corrected chi connectivity index (χ2v) is 6.63. The van der Waals surface area contributed by atoms with E-state index in [9.17, 15) is 22.4 Å². The first-order valence-electron chi connectivity index (χ1n) is 8.53. The van der Waals surface area contributed by atoms with Gasteiger partial charge in [0.1, 0.15) is 11.9 Å². The van der Waals surface area contributed by atoms with E-state index in [4.69, 9.17) is 10.5 Å². The highest BCUT2D eigenvalue weighted by Crippen LogP contribution is 2.33. The van der Waals surface area contributed by atoms with Gasteiger partial charge >= 0.3 is 6.18 Å². The van der Waals surface area contributed by atoms with Crippen LogP contribution in [-0.2, 0) is 11.3 Å². The molecule has 5 nitrogen and oxygen atoms in total. The average molecular weight is 375 g/mol. The van der Waals surface area contributed by atoms with Crippen LogP contribution in [0.25, 0.3) is 0 Å². The van der Waals surface area contributed by atoms with Crippen molar-refractivity contribution < 1.29 is 27.1 Å². The van der Waals surface area contributed by atoms with E-state index in [0.717, 1.165) is 36.9 Å². The van der Waals surface area contributed by atoms with E-state index < -0.39 is 30.5 Å². The molecule has 2 N–H and O–H groups in total. The maximum Gasteiger partial charge on any atom is 0.411 e. The summed E-state index contributed by atoms with van der Waals surface area (Å²) in [6.45, 7) is 1.48. The van der Waals surface area contributed by atoms with E-state index in [-0.39, 0.29) is 30.9 Å². The third kappa shape index (κ3) is 3.93. The average Bonchev–Trinajstić information content (AvgIpc) is 3.06. The Kier molecular flexibility index (Phi) is 5.38. The Morgan fingerprint density at radius 1 is 1.23 bits per heavy atom. The van der Waals surface area contributed by atoms with Crippen LogP contribution >= 0.6 is 0 Å². The number of amides is 1. The number of nitrogens with two attached hydrogens (primary N) is 1. The van der Waals surface area contributed by atoms with E-state index in [1.165, 1.54) is 6.07 Å². The van der Waals surface area contributed by atoms with Crippen LogP contribution in [0.1, 0.15) is 28.8 Å². The molecule has 2 saturated heterocycles. The quantitative estimate of drug-likeness (QED) is 0.821. The van der Waals surface area contributed by atoms with Crippen molar-refractivity contribution in [3.63, 3.8) is 0 Å². The molecular formula is C17H21F4N3O2. The van der Waals surface area contributed by atoms with Gasteiger partial charge in [0.2, 0.25) is 0 Å². The number of carbonyl (C=O) groups is 1. The summed E-state index contributed by atoms with van der Waals surface area (Å²) >= 11 is 0. The lowest BCUT2D eigenvalue weighted by Gasteiger charge is -2.38. The number of benzene rings is 1. The smallest absolute Gasteiger partial charge is 0.377 e. The fourth-order valence-corrected chi connectivity index (χ4v) is 3.58. The Hall–Kier alpha value is -1.87. The first-order chi connectivity index (χ1) is 12.3. The molecule has 2 aliphatic heterocycles. The Balaban J connectivity index is 1.98. The molecule has 0 aliphatic carbocycles. The summed E-state index contributed by atoms with van der Waals surface area (Å²) in [5.74, 6) is -1.81. The molecule has 1 atom stereocenters. The van der Waals surface area contributed by atoms with Crippen molar-refractivity contribution in [3.05, 3.63) is 29.1 Å². The van der Waals surface area contributed by atoms with Gasteiger partial charge < -0.3 is 15.4 Å². The van der Waals surface area contributed by atoms with Gasteiger partial charge in [-0.25, -0.2) is 4.39 Å². The molecule has 1 amide bonds. The summed E-state index contributed by atoms with van der Waals surface area (Å²) in [6.07, 6.45) is -2.52. The summed E-state index contributed by atoms with van der Waals surface area (Å²) in [4.78, 5) is 14.8. The minimum Gasteiger partial charge on any atom is -0.377 e. The van der Waals surface area contributed by atoms with Crippen LogP contribution in [0.5, 0.6) is 0 Å². The fourth-order valence-electron chi connectivity index (χ4n) is 3.58. The van der Waals surface area contributed by atoms with E-state index in [1.807, 2.05) is 4.90 Å². The van der Waals surface area contributed by atoms with Crippen LogP contribution in [0.15, 0.2) is 12.1 Å². The lowest BCUT2D eigenvalue weighted by molar-refractivity contribution is -0.167. The number of primary amides is 1. The minimum absolute atomic E-state index is 0.0112. The summed E-state index contributed by atoms with van der Waals surface area (Å²) in [6, 6.07) is 0.554. The van der Waals surface area contributed by atoms with Gasteiger partial charge in [0, 0.05) is 18.8 Å². The molecule has 26 heavy (non-hydrogen) atoms. The predicted molar refractivity (Wildman–Crippen MR) is 87.4 cm³/mol. The first kappa shape index (κ1) is 18.9. The van der Waals surface area contributed by atoms with E-state index in [0.29, 0.717) is 5.56 Å². The van der Waals surface area contributed by atoms with Gasteiger partial charge in [0.15, 0.2) is 0 Å². The molecule has 2 heterocycles. The summed E-state index contributed by atoms with van der Waals surface area (Å²) < 4.78 is 59.5. The number of hydrogen-bond donors (Lipinski definition) is 1. The maximum absolute atomic E-state index is 14.6. The van der Waals surface area contributed by atoms with Crippen molar-refractivity contribution in [2.24, 2.45) is 5.73 Å². The second kappa shape index (κ2) is 7.40. The van der Waals surface area contributed by atoms with Gasteiger partial charge in [0.25, 0.3) is 5.91 Å². The minimum atomic E-state index is -4.51. The molecule has 1 aromatic carbocycles. The Morgan fingerprint density at radius 3 is 2.54 bits per heavy atom. The number of nitrogens with zero attached hydrogens (tertiary/aromatic N) is 2. The molecule has 2 aliphatic rings. The van der Waals surface area contributed by atoms with Gasteiger partial charge in [-0.3, -0.25) is 9.69 Å². The number of hydrogen-bond acceptors (Lipinski definition) is 4. The predicted octanol–water partition coefficient (Wildman–Crippen LogP) is 2.29. The highest BCUT2D eigenvalue weighted by Gasteiger charge is 2.45.